The van der Waals surface area contributed by atoms with Gasteiger partial charge in [0.25, 0.3) is 5.91 Å². The van der Waals surface area contributed by atoms with Gasteiger partial charge in [0.15, 0.2) is 0 Å². The summed E-state index contributed by atoms with van der Waals surface area (Å²) in [5, 5.41) is 20.5. The second kappa shape index (κ2) is 6.69. The van der Waals surface area contributed by atoms with E-state index in [1.54, 1.807) is 6.92 Å². The zero-order valence-electron chi connectivity index (χ0n) is 11.9. The van der Waals surface area contributed by atoms with E-state index >= 15 is 0 Å². The number of methoxy groups -OCH3 is 1. The minimum Gasteiger partial charge on any atom is -0.502 e. The maximum Gasteiger partial charge on any atom is 0.311 e. The van der Waals surface area contributed by atoms with Crippen molar-refractivity contribution in [2.24, 2.45) is 5.92 Å². The molecule has 1 rings (SSSR count). The van der Waals surface area contributed by atoms with Crippen LogP contribution in [0.2, 0.25) is 0 Å². The van der Waals surface area contributed by atoms with Crippen LogP contribution in [-0.2, 0) is 9.53 Å². The average Bonchev–Trinajstić information content (AvgIpc) is 2.45. The first kappa shape index (κ1) is 16.4. The molecule has 114 valence electrons. The fraction of sp³-hybridized carbons (Fsp3) is 0.385. The molecule has 1 unspecified atom stereocenters. The average molecular weight is 296 g/mol. The Morgan fingerprint density at radius 2 is 2.10 bits per heavy atom. The van der Waals surface area contributed by atoms with Crippen LogP contribution in [0.25, 0.3) is 0 Å². The van der Waals surface area contributed by atoms with Crippen molar-refractivity contribution in [2.75, 3.05) is 20.7 Å². The number of hydrogen-bond acceptors (Lipinski definition) is 6. The van der Waals surface area contributed by atoms with Crippen LogP contribution in [0.1, 0.15) is 17.3 Å². The maximum absolute atomic E-state index is 12.2. The minimum atomic E-state index is -0.775. The van der Waals surface area contributed by atoms with Gasteiger partial charge in [-0.05, 0) is 6.07 Å². The normalized spacial score (nSPS) is 11.6. The minimum absolute atomic E-state index is 0.0631. The number of carbonyl (C=O) groups excluding carboxylic acids is 2. The smallest absolute Gasteiger partial charge is 0.311 e. The molecule has 1 aromatic carbocycles. The van der Waals surface area contributed by atoms with E-state index in [9.17, 15) is 24.8 Å². The summed E-state index contributed by atoms with van der Waals surface area (Å²) in [5.74, 6) is -2.33. The Balaban J connectivity index is 2.96. The first-order valence-corrected chi connectivity index (χ1v) is 6.09. The summed E-state index contributed by atoms with van der Waals surface area (Å²) in [6.45, 7) is 1.65. The summed E-state index contributed by atoms with van der Waals surface area (Å²) in [5.41, 5.74) is -0.737. The Morgan fingerprint density at radius 1 is 1.48 bits per heavy atom. The van der Waals surface area contributed by atoms with Gasteiger partial charge in [0.2, 0.25) is 5.75 Å². The van der Waals surface area contributed by atoms with Crippen LogP contribution in [0.3, 0.4) is 0 Å². The van der Waals surface area contributed by atoms with Crippen molar-refractivity contribution in [3.8, 4) is 5.75 Å². The number of nitro benzene ring substituents is 1. The molecule has 0 spiro atoms. The fourth-order valence-corrected chi connectivity index (χ4v) is 1.83. The van der Waals surface area contributed by atoms with E-state index in [1.807, 2.05) is 0 Å². The molecule has 8 nitrogen and oxygen atoms in total. The van der Waals surface area contributed by atoms with Gasteiger partial charge < -0.3 is 14.7 Å². The summed E-state index contributed by atoms with van der Waals surface area (Å²) in [7, 11) is 2.67. The summed E-state index contributed by atoms with van der Waals surface area (Å²) >= 11 is 0. The Morgan fingerprint density at radius 3 is 2.62 bits per heavy atom. The summed E-state index contributed by atoms with van der Waals surface area (Å²) in [4.78, 5) is 34.6. The molecule has 1 N–H and O–H groups in total. The van der Waals surface area contributed by atoms with Crippen molar-refractivity contribution >= 4 is 17.6 Å². The van der Waals surface area contributed by atoms with Crippen molar-refractivity contribution in [1.82, 2.24) is 4.90 Å². The molecule has 0 saturated heterocycles. The Labute approximate surface area is 121 Å². The summed E-state index contributed by atoms with van der Waals surface area (Å²) < 4.78 is 4.56. The number of amides is 1. The molecular formula is C13H16N2O6. The molecule has 0 aliphatic rings. The number of rotatable bonds is 5. The van der Waals surface area contributed by atoms with Gasteiger partial charge in [-0.3, -0.25) is 19.7 Å². The number of aromatic hydroxyl groups is 1. The molecule has 8 heteroatoms. The van der Waals surface area contributed by atoms with E-state index in [2.05, 4.69) is 4.74 Å². The first-order valence-electron chi connectivity index (χ1n) is 6.09. The molecule has 1 amide bonds. The third-order valence-electron chi connectivity index (χ3n) is 2.94. The van der Waals surface area contributed by atoms with E-state index in [0.717, 1.165) is 6.07 Å². The van der Waals surface area contributed by atoms with Crippen LogP contribution in [0.5, 0.6) is 5.75 Å². The van der Waals surface area contributed by atoms with Gasteiger partial charge in [-0.2, -0.15) is 0 Å². The lowest BCUT2D eigenvalue weighted by molar-refractivity contribution is -0.385. The third kappa shape index (κ3) is 3.68. The molecular weight excluding hydrogens is 280 g/mol. The van der Waals surface area contributed by atoms with Crippen molar-refractivity contribution in [2.45, 2.75) is 6.92 Å². The molecule has 0 radical (unpaired) electrons. The highest BCUT2D eigenvalue weighted by Gasteiger charge is 2.25. The number of nitrogens with zero attached hydrogens (tertiary/aromatic N) is 2. The van der Waals surface area contributed by atoms with E-state index < -0.39 is 34.2 Å². The molecule has 0 bridgehead atoms. The third-order valence-corrected chi connectivity index (χ3v) is 2.94. The standard InChI is InChI=1S/C13H16N2O6/c1-8(13(18)21-3)7-14(2)12(17)9-5-4-6-10(11(9)16)15(19)20/h4-6,8,16H,7H2,1-3H3. The van der Waals surface area contributed by atoms with Crippen molar-refractivity contribution in [1.29, 1.82) is 0 Å². The highest BCUT2D eigenvalue weighted by molar-refractivity contribution is 5.98. The highest BCUT2D eigenvalue weighted by Crippen LogP contribution is 2.30. The zero-order chi connectivity index (χ0) is 16.2. The predicted molar refractivity (Wildman–Crippen MR) is 72.9 cm³/mol. The molecule has 0 aliphatic heterocycles. The monoisotopic (exact) mass is 296 g/mol. The van der Waals surface area contributed by atoms with Crippen molar-refractivity contribution < 1.29 is 24.4 Å². The van der Waals surface area contributed by atoms with Crippen LogP contribution in [-0.4, -0.2) is 47.5 Å². The van der Waals surface area contributed by atoms with Gasteiger partial charge in [0, 0.05) is 19.7 Å². The second-order valence-electron chi connectivity index (χ2n) is 4.54. The summed E-state index contributed by atoms with van der Waals surface area (Å²) in [6, 6.07) is 3.69. The topological polar surface area (TPSA) is 110 Å². The van der Waals surface area contributed by atoms with Gasteiger partial charge >= 0.3 is 11.7 Å². The Bertz CT molecular complexity index is 572. The SMILES string of the molecule is COC(=O)C(C)CN(C)C(=O)c1cccc([N+](=O)[O-])c1O. The predicted octanol–water partition coefficient (Wildman–Crippen LogP) is 1.18. The molecule has 0 fully saturated rings. The molecule has 0 heterocycles. The van der Waals surface area contributed by atoms with Crippen LogP contribution in [0.4, 0.5) is 5.69 Å². The van der Waals surface area contributed by atoms with Gasteiger partial charge in [-0.25, -0.2) is 0 Å². The van der Waals surface area contributed by atoms with Crippen LogP contribution in [0, 0.1) is 16.0 Å². The number of hydrogen-bond donors (Lipinski definition) is 1. The van der Waals surface area contributed by atoms with Crippen molar-refractivity contribution in [3.63, 3.8) is 0 Å². The summed E-state index contributed by atoms with van der Waals surface area (Å²) in [6.07, 6.45) is 0. The van der Waals surface area contributed by atoms with Gasteiger partial charge in [0.1, 0.15) is 0 Å². The number of phenolic OH excluding ortho intramolecular Hbond substituents is 1. The first-order chi connectivity index (χ1) is 9.79. The molecule has 1 aromatic rings. The largest absolute Gasteiger partial charge is 0.502 e. The molecule has 0 aromatic heterocycles. The lowest BCUT2D eigenvalue weighted by atomic mass is 10.1. The number of carbonyl (C=O) groups is 2. The lowest BCUT2D eigenvalue weighted by Gasteiger charge is -2.20. The van der Waals surface area contributed by atoms with E-state index in [-0.39, 0.29) is 12.1 Å². The van der Waals surface area contributed by atoms with Gasteiger partial charge in [-0.15, -0.1) is 0 Å². The van der Waals surface area contributed by atoms with Gasteiger partial charge in [0.05, 0.1) is 23.5 Å². The fourth-order valence-electron chi connectivity index (χ4n) is 1.83. The van der Waals surface area contributed by atoms with E-state index in [4.69, 9.17) is 0 Å². The van der Waals surface area contributed by atoms with Crippen LogP contribution >= 0.6 is 0 Å². The van der Waals surface area contributed by atoms with Crippen LogP contribution < -0.4 is 0 Å². The maximum atomic E-state index is 12.2. The zero-order valence-corrected chi connectivity index (χ0v) is 11.9. The number of ether oxygens (including phenoxy) is 1. The Kier molecular flexibility index (Phi) is 5.23. The van der Waals surface area contributed by atoms with Crippen LogP contribution in [0.15, 0.2) is 18.2 Å². The second-order valence-corrected chi connectivity index (χ2v) is 4.54. The van der Waals surface area contributed by atoms with Gasteiger partial charge in [-0.1, -0.05) is 13.0 Å². The van der Waals surface area contributed by atoms with Crippen molar-refractivity contribution in [3.05, 3.63) is 33.9 Å². The number of phenols is 1. The van der Waals surface area contributed by atoms with E-state index in [0.29, 0.717) is 0 Å². The Hall–Kier alpha value is -2.64. The number of benzene rings is 1. The molecule has 0 aliphatic carbocycles. The quantitative estimate of drug-likeness (QED) is 0.496. The lowest BCUT2D eigenvalue weighted by Crippen LogP contribution is -2.34. The van der Waals surface area contributed by atoms with E-state index in [1.165, 1.54) is 31.2 Å². The molecule has 21 heavy (non-hydrogen) atoms. The molecule has 0 saturated carbocycles. The molecule has 1 atom stereocenters. The number of esters is 1. The highest BCUT2D eigenvalue weighted by atomic mass is 16.6. The number of nitro groups is 1. The number of para-hydroxylation sites is 1.